The summed E-state index contributed by atoms with van der Waals surface area (Å²) in [7, 11) is 0. The molecule has 0 amide bonds. The third-order valence-electron chi connectivity index (χ3n) is 1.52. The summed E-state index contributed by atoms with van der Waals surface area (Å²) in [6, 6.07) is 9.91. The highest BCUT2D eigenvalue weighted by Gasteiger charge is 1.91. The van der Waals surface area contributed by atoms with Gasteiger partial charge in [0.1, 0.15) is 6.10 Å². The fourth-order valence-electron chi connectivity index (χ4n) is 0.747. The van der Waals surface area contributed by atoms with Gasteiger partial charge in [0.15, 0.2) is 0 Å². The molecule has 1 aromatic carbocycles. The number of hydrogen-bond donors (Lipinski definition) is 1. The maximum absolute atomic E-state index is 9.15. The van der Waals surface area contributed by atoms with Crippen molar-refractivity contribution in [1.29, 1.82) is 0 Å². The molecule has 0 aliphatic carbocycles. The average molecular weight is 192 g/mol. The average Bonchev–Trinajstić information content (AvgIpc) is 2.19. The van der Waals surface area contributed by atoms with E-state index in [1.807, 2.05) is 37.3 Å². The predicted octanol–water partition coefficient (Wildman–Crippen LogP) is 2.51. The third-order valence-corrected chi connectivity index (χ3v) is 2.25. The van der Waals surface area contributed by atoms with Gasteiger partial charge in [0, 0.05) is 4.90 Å². The first-order valence-corrected chi connectivity index (χ1v) is 5.05. The Hall–Kier alpha value is -0.910. The minimum Gasteiger partial charge on any atom is -0.380 e. The maximum atomic E-state index is 9.15. The number of hydrogen-bond acceptors (Lipinski definition) is 2. The summed E-state index contributed by atoms with van der Waals surface area (Å²) in [5, 5.41) is 12.0. The van der Waals surface area contributed by atoms with Crippen molar-refractivity contribution in [3.63, 3.8) is 0 Å². The van der Waals surface area contributed by atoms with Gasteiger partial charge in [0.05, 0.1) is 0 Å². The van der Waals surface area contributed by atoms with Crippen LogP contribution in [0.15, 0.2) is 35.2 Å². The zero-order valence-electron chi connectivity index (χ0n) is 7.53. The number of rotatable bonds is 2. The molecule has 0 aromatic heterocycles. The molecule has 0 saturated carbocycles. The highest BCUT2D eigenvalue weighted by Crippen LogP contribution is 2.14. The quantitative estimate of drug-likeness (QED) is 0.574. The van der Waals surface area contributed by atoms with Crippen molar-refractivity contribution >= 4 is 11.8 Å². The van der Waals surface area contributed by atoms with Crippen LogP contribution in [0.3, 0.4) is 0 Å². The summed E-state index contributed by atoms with van der Waals surface area (Å²) in [5.41, 5.74) is 0. The molecular formula is C11H12OS. The van der Waals surface area contributed by atoms with Crippen molar-refractivity contribution in [2.24, 2.45) is 0 Å². The van der Waals surface area contributed by atoms with Crippen molar-refractivity contribution in [3.8, 4) is 11.2 Å². The highest BCUT2D eigenvalue weighted by molar-refractivity contribution is 8.03. The Morgan fingerprint density at radius 2 is 2.08 bits per heavy atom. The molecule has 68 valence electrons. The van der Waals surface area contributed by atoms with Crippen LogP contribution in [0.4, 0.5) is 0 Å². The molecule has 13 heavy (non-hydrogen) atoms. The summed E-state index contributed by atoms with van der Waals surface area (Å²) >= 11 is 1.44. The minimum atomic E-state index is -0.490. The highest BCUT2D eigenvalue weighted by atomic mass is 32.2. The first-order valence-electron chi connectivity index (χ1n) is 4.23. The second-order valence-corrected chi connectivity index (χ2v) is 3.47. The van der Waals surface area contributed by atoms with E-state index in [-0.39, 0.29) is 0 Å². The molecule has 0 heterocycles. The molecule has 0 fully saturated rings. The van der Waals surface area contributed by atoms with Crippen molar-refractivity contribution in [2.75, 3.05) is 0 Å². The summed E-state index contributed by atoms with van der Waals surface area (Å²) in [4.78, 5) is 1.11. The van der Waals surface area contributed by atoms with E-state index < -0.39 is 6.10 Å². The molecule has 0 aliphatic heterocycles. The molecule has 0 radical (unpaired) electrons. The topological polar surface area (TPSA) is 20.2 Å². The van der Waals surface area contributed by atoms with Gasteiger partial charge in [-0.15, -0.1) is 0 Å². The van der Waals surface area contributed by atoms with Crippen LogP contribution in [0.2, 0.25) is 0 Å². The van der Waals surface area contributed by atoms with E-state index in [4.69, 9.17) is 5.11 Å². The van der Waals surface area contributed by atoms with Crippen LogP contribution in [0.5, 0.6) is 0 Å². The van der Waals surface area contributed by atoms with Crippen LogP contribution in [-0.4, -0.2) is 11.2 Å². The Morgan fingerprint density at radius 3 is 2.69 bits per heavy atom. The third kappa shape index (κ3) is 4.02. The van der Waals surface area contributed by atoms with Crippen LogP contribution in [0, 0.1) is 11.2 Å². The number of aliphatic hydroxyl groups is 1. The number of benzene rings is 1. The van der Waals surface area contributed by atoms with Crippen LogP contribution in [0.1, 0.15) is 13.3 Å². The molecule has 1 unspecified atom stereocenters. The van der Waals surface area contributed by atoms with E-state index in [0.717, 1.165) is 4.90 Å². The Kier molecular flexibility index (Phi) is 4.45. The van der Waals surface area contributed by atoms with Gasteiger partial charge in [-0.25, -0.2) is 0 Å². The molecule has 0 bridgehead atoms. The summed E-state index contributed by atoms with van der Waals surface area (Å²) in [6.07, 6.45) is 0.193. The monoisotopic (exact) mass is 192 g/mol. The fourth-order valence-corrected chi connectivity index (χ4v) is 1.35. The Labute approximate surface area is 83.2 Å². The zero-order valence-corrected chi connectivity index (χ0v) is 8.34. The van der Waals surface area contributed by atoms with Gasteiger partial charge in [0.25, 0.3) is 0 Å². The lowest BCUT2D eigenvalue weighted by atomic mass is 10.3. The van der Waals surface area contributed by atoms with E-state index in [0.29, 0.717) is 6.42 Å². The second kappa shape index (κ2) is 5.69. The van der Waals surface area contributed by atoms with Crippen molar-refractivity contribution in [1.82, 2.24) is 0 Å². The number of aliphatic hydroxyl groups excluding tert-OH is 1. The van der Waals surface area contributed by atoms with E-state index in [9.17, 15) is 0 Å². The van der Waals surface area contributed by atoms with Gasteiger partial charge in [-0.3, -0.25) is 0 Å². The lowest BCUT2D eigenvalue weighted by molar-refractivity contribution is 0.228. The first kappa shape index (κ1) is 10.2. The zero-order chi connectivity index (χ0) is 9.52. The number of thioether (sulfide) groups is 1. The molecule has 1 aromatic rings. The van der Waals surface area contributed by atoms with Gasteiger partial charge < -0.3 is 5.11 Å². The normalized spacial score (nSPS) is 11.5. The molecule has 1 nitrogen and oxygen atoms in total. The van der Waals surface area contributed by atoms with Crippen LogP contribution in [-0.2, 0) is 0 Å². The molecule has 2 heteroatoms. The van der Waals surface area contributed by atoms with Gasteiger partial charge in [-0.1, -0.05) is 31.0 Å². The van der Waals surface area contributed by atoms with Crippen LogP contribution in [0.25, 0.3) is 0 Å². The first-order chi connectivity index (χ1) is 6.33. The molecule has 0 saturated heterocycles. The Morgan fingerprint density at radius 1 is 1.38 bits per heavy atom. The van der Waals surface area contributed by atoms with Crippen molar-refractivity contribution < 1.29 is 5.11 Å². The van der Waals surface area contributed by atoms with Gasteiger partial charge in [-0.05, 0) is 35.6 Å². The van der Waals surface area contributed by atoms with E-state index >= 15 is 0 Å². The lowest BCUT2D eigenvalue weighted by Gasteiger charge is -1.94. The van der Waals surface area contributed by atoms with Crippen LogP contribution < -0.4 is 0 Å². The minimum absolute atomic E-state index is 0.490. The summed E-state index contributed by atoms with van der Waals surface area (Å²) in [6.45, 7) is 1.91. The summed E-state index contributed by atoms with van der Waals surface area (Å²) < 4.78 is 0. The van der Waals surface area contributed by atoms with E-state index in [1.54, 1.807) is 0 Å². The standard InChI is InChI=1S/C11H12OS/c1-2-10(12)8-9-13-11-6-4-3-5-7-11/h3-7,10,12H,2H2,1H3. The van der Waals surface area contributed by atoms with E-state index in [2.05, 4.69) is 11.2 Å². The van der Waals surface area contributed by atoms with Crippen molar-refractivity contribution in [3.05, 3.63) is 30.3 Å². The smallest absolute Gasteiger partial charge is 0.115 e. The molecule has 0 aliphatic rings. The molecule has 1 N–H and O–H groups in total. The largest absolute Gasteiger partial charge is 0.380 e. The Balaban J connectivity index is 2.46. The molecule has 0 spiro atoms. The molecule has 1 atom stereocenters. The summed E-state index contributed by atoms with van der Waals surface area (Å²) in [5.74, 6) is 2.75. The van der Waals surface area contributed by atoms with E-state index in [1.165, 1.54) is 11.8 Å². The van der Waals surface area contributed by atoms with Gasteiger partial charge in [-0.2, -0.15) is 0 Å². The molecule has 1 rings (SSSR count). The van der Waals surface area contributed by atoms with Gasteiger partial charge in [0.2, 0.25) is 0 Å². The van der Waals surface area contributed by atoms with Crippen molar-refractivity contribution in [2.45, 2.75) is 24.3 Å². The second-order valence-electron chi connectivity index (χ2n) is 2.59. The Bertz CT molecular complexity index is 297. The fraction of sp³-hybridized carbons (Fsp3) is 0.273. The van der Waals surface area contributed by atoms with Gasteiger partial charge >= 0.3 is 0 Å². The van der Waals surface area contributed by atoms with Crippen LogP contribution >= 0.6 is 11.8 Å². The molecular weight excluding hydrogens is 180 g/mol. The SMILES string of the molecule is CCC(O)C#CSc1ccccc1. The predicted molar refractivity (Wildman–Crippen MR) is 56.4 cm³/mol. The maximum Gasteiger partial charge on any atom is 0.115 e. The lowest BCUT2D eigenvalue weighted by Crippen LogP contribution is -1.98.